The SMILES string of the molecule is CCCCCCCCCCCCCCCCC(C)c1[nH]cc[n+]1C(C)CCCCCCC. The average molecular weight is 448 g/mol. The molecular weight excluding hydrogens is 388 g/mol. The van der Waals surface area contributed by atoms with Crippen LogP contribution in [0.25, 0.3) is 0 Å². The number of aromatic nitrogens is 2. The van der Waals surface area contributed by atoms with Crippen molar-refractivity contribution in [2.24, 2.45) is 0 Å². The zero-order valence-electron chi connectivity index (χ0n) is 22.6. The summed E-state index contributed by atoms with van der Waals surface area (Å²) in [5.41, 5.74) is 0. The molecule has 0 saturated carbocycles. The van der Waals surface area contributed by atoms with Crippen molar-refractivity contribution in [2.75, 3.05) is 0 Å². The first-order valence-corrected chi connectivity index (χ1v) is 14.8. The number of imidazole rings is 1. The van der Waals surface area contributed by atoms with Crippen LogP contribution in [0.4, 0.5) is 0 Å². The molecule has 1 N–H and O–H groups in total. The van der Waals surface area contributed by atoms with Gasteiger partial charge < -0.3 is 0 Å². The molecule has 2 heteroatoms. The molecule has 1 aromatic heterocycles. The number of hydrogen-bond acceptors (Lipinski definition) is 0. The number of aromatic amines is 1. The molecular formula is C30H59N2+. The van der Waals surface area contributed by atoms with Crippen molar-refractivity contribution in [3.8, 4) is 0 Å². The van der Waals surface area contributed by atoms with Crippen LogP contribution >= 0.6 is 0 Å². The molecule has 0 radical (unpaired) electrons. The van der Waals surface area contributed by atoms with Crippen LogP contribution in [-0.4, -0.2) is 4.98 Å². The summed E-state index contributed by atoms with van der Waals surface area (Å²) in [6.45, 7) is 9.41. The molecule has 0 aliphatic rings. The Hall–Kier alpha value is -0.790. The van der Waals surface area contributed by atoms with Crippen molar-refractivity contribution in [2.45, 2.75) is 174 Å². The molecule has 0 aliphatic carbocycles. The maximum Gasteiger partial charge on any atom is 0.257 e. The van der Waals surface area contributed by atoms with Crippen LogP contribution in [0.15, 0.2) is 12.4 Å². The third-order valence-electron chi connectivity index (χ3n) is 7.40. The summed E-state index contributed by atoms with van der Waals surface area (Å²) in [6.07, 6.45) is 34.1. The molecule has 188 valence electrons. The molecule has 0 aliphatic heterocycles. The van der Waals surface area contributed by atoms with E-state index in [9.17, 15) is 0 Å². The third kappa shape index (κ3) is 14.4. The Morgan fingerprint density at radius 2 is 1.00 bits per heavy atom. The fourth-order valence-corrected chi connectivity index (χ4v) is 5.10. The maximum atomic E-state index is 3.56. The summed E-state index contributed by atoms with van der Waals surface area (Å²) in [4.78, 5) is 3.56. The molecule has 0 saturated heterocycles. The van der Waals surface area contributed by atoms with Gasteiger partial charge in [-0.25, -0.2) is 9.55 Å². The minimum Gasteiger partial charge on any atom is -0.247 e. The zero-order valence-corrected chi connectivity index (χ0v) is 22.6. The largest absolute Gasteiger partial charge is 0.257 e. The van der Waals surface area contributed by atoms with Crippen LogP contribution in [0.3, 0.4) is 0 Å². The first-order valence-electron chi connectivity index (χ1n) is 14.8. The minimum absolute atomic E-state index is 0.622. The van der Waals surface area contributed by atoms with Crippen LogP contribution in [0.2, 0.25) is 0 Å². The lowest BCUT2D eigenvalue weighted by molar-refractivity contribution is -0.727. The number of H-pyrrole nitrogens is 1. The average Bonchev–Trinajstić information content (AvgIpc) is 3.29. The van der Waals surface area contributed by atoms with Crippen molar-refractivity contribution in [3.63, 3.8) is 0 Å². The molecule has 2 atom stereocenters. The lowest BCUT2D eigenvalue weighted by Gasteiger charge is -2.14. The fourth-order valence-electron chi connectivity index (χ4n) is 5.10. The summed E-state index contributed by atoms with van der Waals surface area (Å²) in [5, 5.41) is 0. The molecule has 0 bridgehead atoms. The lowest BCUT2D eigenvalue weighted by atomic mass is 10.00. The number of nitrogens with one attached hydrogen (secondary N) is 1. The minimum atomic E-state index is 0.622. The van der Waals surface area contributed by atoms with Crippen molar-refractivity contribution in [1.82, 2.24) is 4.98 Å². The van der Waals surface area contributed by atoms with Gasteiger partial charge in [0.15, 0.2) is 0 Å². The van der Waals surface area contributed by atoms with E-state index in [-0.39, 0.29) is 0 Å². The van der Waals surface area contributed by atoms with Crippen LogP contribution < -0.4 is 4.57 Å². The van der Waals surface area contributed by atoms with Crippen LogP contribution in [0.5, 0.6) is 0 Å². The quantitative estimate of drug-likeness (QED) is 0.127. The van der Waals surface area contributed by atoms with Crippen LogP contribution in [0, 0.1) is 0 Å². The van der Waals surface area contributed by atoms with Gasteiger partial charge in [0.05, 0.1) is 12.0 Å². The summed E-state index contributed by atoms with van der Waals surface area (Å²) in [6, 6.07) is 0.622. The molecule has 2 unspecified atom stereocenters. The van der Waals surface area contributed by atoms with Crippen molar-refractivity contribution in [1.29, 1.82) is 0 Å². The van der Waals surface area contributed by atoms with Gasteiger partial charge in [-0.3, -0.25) is 0 Å². The van der Waals surface area contributed by atoms with Crippen molar-refractivity contribution in [3.05, 3.63) is 18.2 Å². The molecule has 1 heterocycles. The van der Waals surface area contributed by atoms with E-state index in [1.165, 1.54) is 141 Å². The van der Waals surface area contributed by atoms with Gasteiger partial charge in [-0.15, -0.1) is 0 Å². The van der Waals surface area contributed by atoms with Crippen LogP contribution in [-0.2, 0) is 0 Å². The van der Waals surface area contributed by atoms with Crippen molar-refractivity contribution < 1.29 is 4.57 Å². The second-order valence-corrected chi connectivity index (χ2v) is 10.6. The van der Waals surface area contributed by atoms with E-state index in [4.69, 9.17) is 0 Å². The molecule has 1 rings (SSSR count). The Labute approximate surface area is 202 Å². The van der Waals surface area contributed by atoms with Gasteiger partial charge in [-0.2, -0.15) is 0 Å². The molecule has 1 aromatic rings. The van der Waals surface area contributed by atoms with Gasteiger partial charge >= 0.3 is 0 Å². The summed E-state index contributed by atoms with van der Waals surface area (Å²) < 4.78 is 2.52. The number of nitrogens with zero attached hydrogens (tertiary/aromatic N) is 1. The summed E-state index contributed by atoms with van der Waals surface area (Å²) >= 11 is 0. The Morgan fingerprint density at radius 3 is 1.47 bits per heavy atom. The normalized spacial score (nSPS) is 13.5. The van der Waals surface area contributed by atoms with E-state index >= 15 is 0 Å². The van der Waals surface area contributed by atoms with E-state index in [0.717, 1.165) is 0 Å². The van der Waals surface area contributed by atoms with Gasteiger partial charge in [0.25, 0.3) is 5.82 Å². The number of unbranched alkanes of at least 4 members (excludes halogenated alkanes) is 17. The third-order valence-corrected chi connectivity index (χ3v) is 7.40. The standard InChI is InChI=1S/C30H58N2/c1-5-7-9-11-12-13-14-15-16-17-18-19-21-22-24-28(3)30-31-26-27-32(30)29(4)25-23-20-10-8-6-2/h26-29H,5-25H2,1-4H3/p+1. The maximum absolute atomic E-state index is 3.56. The molecule has 2 nitrogen and oxygen atoms in total. The van der Waals surface area contributed by atoms with Crippen LogP contribution in [0.1, 0.15) is 180 Å². The molecule has 0 fully saturated rings. The Bertz CT molecular complexity index is 507. The highest BCUT2D eigenvalue weighted by atomic mass is 15.1. The van der Waals surface area contributed by atoms with E-state index in [1.54, 1.807) is 0 Å². The van der Waals surface area contributed by atoms with Gasteiger partial charge in [0.2, 0.25) is 0 Å². The molecule has 32 heavy (non-hydrogen) atoms. The smallest absolute Gasteiger partial charge is 0.247 e. The topological polar surface area (TPSA) is 19.7 Å². The highest BCUT2D eigenvalue weighted by Crippen LogP contribution is 2.21. The first kappa shape index (κ1) is 29.2. The summed E-state index contributed by atoms with van der Waals surface area (Å²) in [5.74, 6) is 2.09. The predicted molar refractivity (Wildman–Crippen MR) is 142 cm³/mol. The lowest BCUT2D eigenvalue weighted by Crippen LogP contribution is -2.40. The zero-order chi connectivity index (χ0) is 23.3. The Kier molecular flexibility index (Phi) is 19.0. The van der Waals surface area contributed by atoms with E-state index < -0.39 is 0 Å². The number of rotatable bonds is 23. The van der Waals surface area contributed by atoms with Gasteiger partial charge in [-0.05, 0) is 26.2 Å². The Morgan fingerprint density at radius 1 is 0.594 bits per heavy atom. The van der Waals surface area contributed by atoms with E-state index in [0.29, 0.717) is 12.0 Å². The van der Waals surface area contributed by atoms with Gasteiger partial charge in [0, 0.05) is 0 Å². The highest BCUT2D eigenvalue weighted by Gasteiger charge is 2.22. The highest BCUT2D eigenvalue weighted by molar-refractivity contribution is 4.87. The van der Waals surface area contributed by atoms with E-state index in [1.807, 2.05) is 0 Å². The predicted octanol–water partition coefficient (Wildman–Crippen LogP) is 10.2. The first-order chi connectivity index (χ1) is 15.7. The number of hydrogen-bond donors (Lipinski definition) is 1. The second kappa shape index (κ2) is 20.8. The summed E-state index contributed by atoms with van der Waals surface area (Å²) in [7, 11) is 0. The Balaban J connectivity index is 2.03. The monoisotopic (exact) mass is 447 g/mol. The van der Waals surface area contributed by atoms with Gasteiger partial charge in [0.1, 0.15) is 12.4 Å². The van der Waals surface area contributed by atoms with E-state index in [2.05, 4.69) is 49.6 Å². The fraction of sp³-hybridized carbons (Fsp3) is 0.900. The van der Waals surface area contributed by atoms with Gasteiger partial charge in [-0.1, -0.05) is 136 Å². The van der Waals surface area contributed by atoms with Crippen molar-refractivity contribution >= 4 is 0 Å². The molecule has 0 aromatic carbocycles. The molecule has 0 spiro atoms. The second-order valence-electron chi connectivity index (χ2n) is 10.6. The molecule has 0 amide bonds.